The maximum Gasteiger partial charge on any atom is 0.0837 e. The van der Waals surface area contributed by atoms with Crippen LogP contribution in [0.25, 0.3) is 21.8 Å². The fraction of sp³-hybridized carbons (Fsp3) is 0.281. The first-order valence-corrected chi connectivity index (χ1v) is 12.7. The van der Waals surface area contributed by atoms with Crippen LogP contribution in [0.5, 0.6) is 0 Å². The molecule has 0 unspecified atom stereocenters. The zero-order valence-corrected chi connectivity index (χ0v) is 21.9. The van der Waals surface area contributed by atoms with Crippen LogP contribution in [0.4, 0.5) is 0 Å². The van der Waals surface area contributed by atoms with E-state index in [9.17, 15) is 0 Å². The number of para-hydroxylation sites is 2. The Hall–Kier alpha value is -4.19. The van der Waals surface area contributed by atoms with Crippen LogP contribution in [0.15, 0.2) is 60.9 Å². The van der Waals surface area contributed by atoms with Crippen LogP contribution in [0.2, 0.25) is 0 Å². The van der Waals surface area contributed by atoms with Gasteiger partial charge in [-0.2, -0.15) is 5.10 Å². The molecule has 0 atom stereocenters. The lowest BCUT2D eigenvalue weighted by molar-refractivity contribution is 0.331. The number of benzene rings is 2. The maximum absolute atomic E-state index is 5.65. The molecule has 5 rings (SSSR count). The van der Waals surface area contributed by atoms with Crippen molar-refractivity contribution >= 4 is 21.8 Å². The Balaban J connectivity index is 1.28. The smallest absolute Gasteiger partial charge is 0.0837 e. The molecule has 0 aliphatic heterocycles. The van der Waals surface area contributed by atoms with E-state index in [1.165, 1.54) is 49.9 Å². The summed E-state index contributed by atoms with van der Waals surface area (Å²) in [6.07, 6.45) is 16.4. The minimum Gasteiger partial charge on any atom is -0.333 e. The number of fused-ring (bicyclic) bond motifs is 2. The second-order valence-corrected chi connectivity index (χ2v) is 9.78. The van der Waals surface area contributed by atoms with E-state index < -0.39 is 0 Å². The van der Waals surface area contributed by atoms with Crippen molar-refractivity contribution < 1.29 is 0 Å². The molecular weight excluding hydrogens is 454 g/mol. The average molecular weight is 488 g/mol. The lowest BCUT2D eigenvalue weighted by atomic mass is 10.1. The van der Waals surface area contributed by atoms with E-state index in [0.717, 1.165) is 26.1 Å². The van der Waals surface area contributed by atoms with E-state index in [2.05, 4.69) is 107 Å². The molecule has 5 heteroatoms. The first-order chi connectivity index (χ1) is 18.0. The summed E-state index contributed by atoms with van der Waals surface area (Å²) in [6, 6.07) is 17.0. The molecule has 0 amide bonds. The predicted octanol–water partition coefficient (Wildman–Crippen LogP) is 5.40. The van der Waals surface area contributed by atoms with Crippen molar-refractivity contribution in [1.82, 2.24) is 23.8 Å². The Morgan fingerprint density at radius 1 is 0.838 bits per heavy atom. The Morgan fingerprint density at radius 2 is 1.41 bits per heavy atom. The zero-order valence-electron chi connectivity index (χ0n) is 21.9. The van der Waals surface area contributed by atoms with E-state index in [1.54, 1.807) is 0 Å². The summed E-state index contributed by atoms with van der Waals surface area (Å²) in [6.45, 7) is 8.04. The summed E-state index contributed by atoms with van der Waals surface area (Å²) < 4.78 is 6.50. The SMILES string of the molecule is C#CCn1c(C)c(CN(C)CCc2cnn(Cc3c(C)n(CC#C)c4ccccc34)c2)c2ccccc21. The summed E-state index contributed by atoms with van der Waals surface area (Å²) in [5.41, 5.74) is 8.71. The third kappa shape index (κ3) is 4.67. The second-order valence-electron chi connectivity index (χ2n) is 9.78. The molecule has 0 saturated carbocycles. The first kappa shape index (κ1) is 24.5. The fourth-order valence-electron chi connectivity index (χ4n) is 5.45. The van der Waals surface area contributed by atoms with Crippen molar-refractivity contribution in [3.63, 3.8) is 0 Å². The molecular formula is C32H33N5. The van der Waals surface area contributed by atoms with Crippen molar-refractivity contribution in [2.45, 2.75) is 46.4 Å². The quantitative estimate of drug-likeness (QED) is 0.261. The third-order valence-corrected chi connectivity index (χ3v) is 7.44. The zero-order chi connectivity index (χ0) is 25.9. The summed E-state index contributed by atoms with van der Waals surface area (Å²) >= 11 is 0. The van der Waals surface area contributed by atoms with Crippen LogP contribution >= 0.6 is 0 Å². The number of aromatic nitrogens is 4. The monoisotopic (exact) mass is 487 g/mol. The summed E-state index contributed by atoms with van der Waals surface area (Å²) in [5.74, 6) is 5.59. The van der Waals surface area contributed by atoms with Crippen molar-refractivity contribution in [2.24, 2.45) is 0 Å². The number of hydrogen-bond acceptors (Lipinski definition) is 2. The van der Waals surface area contributed by atoms with Gasteiger partial charge in [-0.1, -0.05) is 48.2 Å². The summed E-state index contributed by atoms with van der Waals surface area (Å²) in [4.78, 5) is 2.38. The van der Waals surface area contributed by atoms with Gasteiger partial charge in [0.25, 0.3) is 0 Å². The second kappa shape index (κ2) is 10.4. The minimum absolute atomic E-state index is 0.573. The molecule has 5 nitrogen and oxygen atoms in total. The van der Waals surface area contributed by atoms with E-state index in [4.69, 9.17) is 12.8 Å². The Kier molecular flexibility index (Phi) is 6.91. The van der Waals surface area contributed by atoms with Crippen LogP contribution in [-0.2, 0) is 32.6 Å². The molecule has 0 aliphatic carbocycles. The van der Waals surface area contributed by atoms with E-state index in [1.807, 2.05) is 10.9 Å². The molecule has 2 aromatic carbocycles. The van der Waals surface area contributed by atoms with Crippen molar-refractivity contribution in [3.05, 3.63) is 89.0 Å². The average Bonchev–Trinajstić information content (AvgIpc) is 3.55. The normalized spacial score (nSPS) is 11.4. The summed E-state index contributed by atoms with van der Waals surface area (Å²) in [7, 11) is 2.18. The van der Waals surface area contributed by atoms with Crippen LogP contribution < -0.4 is 0 Å². The predicted molar refractivity (Wildman–Crippen MR) is 152 cm³/mol. The highest BCUT2D eigenvalue weighted by Gasteiger charge is 2.16. The lowest BCUT2D eigenvalue weighted by Gasteiger charge is -2.16. The van der Waals surface area contributed by atoms with Gasteiger partial charge in [0.15, 0.2) is 0 Å². The molecule has 0 aliphatic rings. The van der Waals surface area contributed by atoms with Gasteiger partial charge in [0.05, 0.1) is 25.8 Å². The Bertz CT molecular complexity index is 1650. The molecule has 186 valence electrons. The molecule has 5 aromatic rings. The van der Waals surface area contributed by atoms with Gasteiger partial charge in [-0.05, 0) is 50.6 Å². The highest BCUT2D eigenvalue weighted by molar-refractivity contribution is 5.86. The van der Waals surface area contributed by atoms with Gasteiger partial charge in [0.1, 0.15) is 0 Å². The largest absolute Gasteiger partial charge is 0.333 e. The van der Waals surface area contributed by atoms with Gasteiger partial charge < -0.3 is 14.0 Å². The lowest BCUT2D eigenvalue weighted by Crippen LogP contribution is -2.21. The van der Waals surface area contributed by atoms with Crippen LogP contribution in [0, 0.1) is 38.5 Å². The number of terminal acetylenes is 2. The van der Waals surface area contributed by atoms with Gasteiger partial charge in [0, 0.05) is 58.0 Å². The molecule has 0 radical (unpaired) electrons. The topological polar surface area (TPSA) is 30.9 Å². The molecule has 3 aromatic heterocycles. The van der Waals surface area contributed by atoms with Crippen molar-refractivity contribution in [1.29, 1.82) is 0 Å². The minimum atomic E-state index is 0.573. The summed E-state index contributed by atoms with van der Waals surface area (Å²) in [5, 5.41) is 7.21. The molecule has 37 heavy (non-hydrogen) atoms. The van der Waals surface area contributed by atoms with Crippen LogP contribution in [-0.4, -0.2) is 37.4 Å². The van der Waals surface area contributed by atoms with Crippen LogP contribution in [0.1, 0.15) is 28.1 Å². The molecule has 0 spiro atoms. The molecule has 0 bridgehead atoms. The number of likely N-dealkylation sites (N-methyl/N-ethyl adjacent to an activating group) is 1. The van der Waals surface area contributed by atoms with Crippen molar-refractivity contribution in [3.8, 4) is 24.7 Å². The third-order valence-electron chi connectivity index (χ3n) is 7.44. The van der Waals surface area contributed by atoms with E-state index in [-0.39, 0.29) is 0 Å². The highest BCUT2D eigenvalue weighted by atomic mass is 15.3. The molecule has 0 saturated heterocycles. The van der Waals surface area contributed by atoms with E-state index in [0.29, 0.717) is 13.1 Å². The number of nitrogens with zero attached hydrogens (tertiary/aromatic N) is 5. The van der Waals surface area contributed by atoms with Gasteiger partial charge in [-0.15, -0.1) is 12.8 Å². The first-order valence-electron chi connectivity index (χ1n) is 12.7. The standard InChI is InChI=1S/C32H33N5/c1-6-17-36-24(3)29(27-12-8-10-14-31(27)36)22-34(5)19-16-26-20-33-35(21-26)23-30-25(4)37(18-7-2)32-15-11-9-13-28(30)32/h1-2,8-15,20-21H,16-19,22-23H2,3-5H3. The number of rotatable bonds is 9. The van der Waals surface area contributed by atoms with Gasteiger partial charge in [0.2, 0.25) is 0 Å². The molecule has 3 heterocycles. The van der Waals surface area contributed by atoms with Gasteiger partial charge in [-0.25, -0.2) is 0 Å². The number of hydrogen-bond donors (Lipinski definition) is 0. The Morgan fingerprint density at radius 3 is 2.03 bits per heavy atom. The fourth-order valence-corrected chi connectivity index (χ4v) is 5.45. The molecule has 0 fully saturated rings. The van der Waals surface area contributed by atoms with E-state index >= 15 is 0 Å². The van der Waals surface area contributed by atoms with Crippen LogP contribution in [0.3, 0.4) is 0 Å². The van der Waals surface area contributed by atoms with Gasteiger partial charge in [-0.3, -0.25) is 4.68 Å². The maximum atomic E-state index is 5.65. The van der Waals surface area contributed by atoms with Gasteiger partial charge >= 0.3 is 0 Å². The van der Waals surface area contributed by atoms with Crippen molar-refractivity contribution in [2.75, 3.05) is 13.6 Å². The molecule has 0 N–H and O–H groups in total. The highest BCUT2D eigenvalue weighted by Crippen LogP contribution is 2.28. The Labute approximate surface area is 219 Å².